The zero-order valence-corrected chi connectivity index (χ0v) is 17.3. The SMILES string of the molecule is CC(C)c1cccc2c1nc(Nc1ccccnc1=O)n1nc(-c3cnn(C)c3)nc21. The molecule has 0 fully saturated rings. The van der Waals surface area contributed by atoms with Gasteiger partial charge in [-0.3, -0.25) is 9.48 Å². The van der Waals surface area contributed by atoms with Crippen LogP contribution < -0.4 is 10.9 Å². The lowest BCUT2D eigenvalue weighted by Crippen LogP contribution is -2.12. The normalized spacial score (nSPS) is 11.5. The van der Waals surface area contributed by atoms with Crippen LogP contribution in [-0.2, 0) is 7.05 Å². The number of anilines is 2. The van der Waals surface area contributed by atoms with Crippen molar-refractivity contribution >= 4 is 28.2 Å². The summed E-state index contributed by atoms with van der Waals surface area (Å²) in [4.78, 5) is 25.9. The molecule has 5 rings (SSSR count). The van der Waals surface area contributed by atoms with Gasteiger partial charge in [-0.15, -0.1) is 5.10 Å². The first kappa shape index (κ1) is 18.9. The summed E-state index contributed by atoms with van der Waals surface area (Å²) in [7, 11) is 1.84. The van der Waals surface area contributed by atoms with Crippen molar-refractivity contribution in [1.82, 2.24) is 34.3 Å². The van der Waals surface area contributed by atoms with Gasteiger partial charge in [-0.05, 0) is 29.7 Å². The van der Waals surface area contributed by atoms with Crippen LogP contribution in [0.3, 0.4) is 0 Å². The highest BCUT2D eigenvalue weighted by Gasteiger charge is 2.18. The summed E-state index contributed by atoms with van der Waals surface area (Å²) in [6.45, 7) is 4.24. The van der Waals surface area contributed by atoms with Gasteiger partial charge in [-0.1, -0.05) is 32.0 Å². The minimum absolute atomic E-state index is 0.262. The number of aromatic nitrogens is 7. The molecule has 0 spiro atoms. The van der Waals surface area contributed by atoms with Crippen LogP contribution >= 0.6 is 0 Å². The van der Waals surface area contributed by atoms with Crippen LogP contribution in [0.4, 0.5) is 11.6 Å². The van der Waals surface area contributed by atoms with E-state index in [4.69, 9.17) is 9.97 Å². The van der Waals surface area contributed by atoms with E-state index in [-0.39, 0.29) is 11.5 Å². The molecule has 0 amide bonds. The molecule has 0 atom stereocenters. The number of hydrogen-bond acceptors (Lipinski definition) is 7. The number of nitrogens with zero attached hydrogens (tertiary/aromatic N) is 7. The van der Waals surface area contributed by atoms with E-state index in [1.165, 1.54) is 6.20 Å². The highest BCUT2D eigenvalue weighted by molar-refractivity contribution is 5.95. The molecule has 0 aliphatic carbocycles. The molecule has 154 valence electrons. The number of benzene rings is 1. The van der Waals surface area contributed by atoms with Crippen LogP contribution in [0.15, 0.2) is 59.8 Å². The van der Waals surface area contributed by atoms with E-state index in [0.717, 1.165) is 22.0 Å². The molecule has 0 radical (unpaired) electrons. The number of fused-ring (bicyclic) bond motifs is 3. The first-order valence-electron chi connectivity index (χ1n) is 9.92. The monoisotopic (exact) mass is 412 g/mol. The highest BCUT2D eigenvalue weighted by atomic mass is 16.1. The summed E-state index contributed by atoms with van der Waals surface area (Å²) >= 11 is 0. The average Bonchev–Trinajstić information content (AvgIpc) is 3.33. The molecular formula is C22H20N8O. The molecule has 31 heavy (non-hydrogen) atoms. The van der Waals surface area contributed by atoms with Crippen molar-refractivity contribution in [3.8, 4) is 11.4 Å². The van der Waals surface area contributed by atoms with E-state index in [1.54, 1.807) is 33.6 Å². The first-order valence-corrected chi connectivity index (χ1v) is 9.92. The molecule has 9 nitrogen and oxygen atoms in total. The van der Waals surface area contributed by atoms with Crippen molar-refractivity contribution in [2.24, 2.45) is 7.05 Å². The summed E-state index contributed by atoms with van der Waals surface area (Å²) < 4.78 is 3.33. The Kier molecular flexibility index (Phi) is 4.43. The Morgan fingerprint density at radius 1 is 1.06 bits per heavy atom. The smallest absolute Gasteiger partial charge is 0.293 e. The molecule has 4 aromatic heterocycles. The predicted molar refractivity (Wildman–Crippen MR) is 118 cm³/mol. The third-order valence-corrected chi connectivity index (χ3v) is 5.05. The molecule has 9 heteroatoms. The number of para-hydroxylation sites is 1. The molecule has 0 unspecified atom stereocenters. The molecule has 0 bridgehead atoms. The minimum atomic E-state index is -0.384. The summed E-state index contributed by atoms with van der Waals surface area (Å²) in [5.74, 6) is 1.18. The van der Waals surface area contributed by atoms with Crippen LogP contribution in [0, 0.1) is 0 Å². The van der Waals surface area contributed by atoms with Gasteiger partial charge in [0.1, 0.15) is 5.69 Å². The van der Waals surface area contributed by atoms with Gasteiger partial charge in [0.25, 0.3) is 5.56 Å². The Labute approximate surface area is 177 Å². The summed E-state index contributed by atoms with van der Waals surface area (Å²) in [5, 5.41) is 12.9. The van der Waals surface area contributed by atoms with E-state index < -0.39 is 0 Å². The third kappa shape index (κ3) is 3.29. The zero-order valence-electron chi connectivity index (χ0n) is 17.3. The lowest BCUT2D eigenvalue weighted by molar-refractivity contribution is 0.768. The first-order chi connectivity index (χ1) is 15.0. The fraction of sp³-hybridized carbons (Fsp3) is 0.182. The molecule has 1 N–H and O–H groups in total. The number of hydrogen-bond donors (Lipinski definition) is 1. The summed E-state index contributed by atoms with van der Waals surface area (Å²) in [6.07, 6.45) is 5.03. The Morgan fingerprint density at radius 2 is 1.94 bits per heavy atom. The largest absolute Gasteiger partial charge is 0.319 e. The van der Waals surface area contributed by atoms with Gasteiger partial charge in [0.05, 0.1) is 17.3 Å². The van der Waals surface area contributed by atoms with Crippen LogP contribution in [0.25, 0.3) is 27.9 Å². The summed E-state index contributed by atoms with van der Waals surface area (Å²) in [6, 6.07) is 11.2. The lowest BCUT2D eigenvalue weighted by atomic mass is 10.0. The molecule has 0 saturated carbocycles. The van der Waals surface area contributed by atoms with Gasteiger partial charge in [0.15, 0.2) is 11.5 Å². The van der Waals surface area contributed by atoms with E-state index in [9.17, 15) is 4.79 Å². The second-order valence-corrected chi connectivity index (χ2v) is 7.58. The van der Waals surface area contributed by atoms with Crippen molar-refractivity contribution in [2.45, 2.75) is 19.8 Å². The number of nitrogens with one attached hydrogen (secondary N) is 1. The average molecular weight is 412 g/mol. The van der Waals surface area contributed by atoms with Crippen molar-refractivity contribution in [3.05, 3.63) is 70.9 Å². The van der Waals surface area contributed by atoms with Gasteiger partial charge in [-0.2, -0.15) is 9.61 Å². The van der Waals surface area contributed by atoms with Gasteiger partial charge < -0.3 is 5.32 Å². The van der Waals surface area contributed by atoms with Crippen molar-refractivity contribution in [1.29, 1.82) is 0 Å². The molecular weight excluding hydrogens is 392 g/mol. The molecule has 5 aromatic rings. The lowest BCUT2D eigenvalue weighted by Gasteiger charge is -2.12. The molecule has 0 saturated heterocycles. The number of aryl methyl sites for hydroxylation is 1. The Hall–Kier alpha value is -4.14. The van der Waals surface area contributed by atoms with Gasteiger partial charge in [-0.25, -0.2) is 15.0 Å². The quantitative estimate of drug-likeness (QED) is 0.483. The molecule has 0 aliphatic heterocycles. The van der Waals surface area contributed by atoms with Gasteiger partial charge >= 0.3 is 0 Å². The fourth-order valence-electron chi connectivity index (χ4n) is 3.53. The van der Waals surface area contributed by atoms with E-state index in [0.29, 0.717) is 23.1 Å². The van der Waals surface area contributed by atoms with Crippen LogP contribution in [0.2, 0.25) is 0 Å². The zero-order chi connectivity index (χ0) is 21.5. The maximum atomic E-state index is 12.4. The van der Waals surface area contributed by atoms with Crippen LogP contribution in [-0.4, -0.2) is 34.3 Å². The number of rotatable bonds is 4. The Bertz CT molecular complexity index is 1480. The highest BCUT2D eigenvalue weighted by Crippen LogP contribution is 2.29. The van der Waals surface area contributed by atoms with Crippen LogP contribution in [0.5, 0.6) is 0 Å². The second-order valence-electron chi connectivity index (χ2n) is 7.58. The van der Waals surface area contributed by atoms with Crippen LogP contribution in [0.1, 0.15) is 25.3 Å². The van der Waals surface area contributed by atoms with Gasteiger partial charge in [0, 0.05) is 24.8 Å². The molecule has 4 heterocycles. The second kappa shape index (κ2) is 7.28. The standard InChI is InChI=1S/C22H20N8O/c1-13(2)15-7-6-8-16-18(15)26-22(25-17-9-4-5-10-23-21(17)31)30-20(16)27-19(28-30)14-11-24-29(3)12-14/h4-13H,1-3H3,(H,23,25,26,31). The Morgan fingerprint density at radius 3 is 2.71 bits per heavy atom. The van der Waals surface area contributed by atoms with E-state index >= 15 is 0 Å². The molecule has 0 aliphatic rings. The van der Waals surface area contributed by atoms with Crippen molar-refractivity contribution in [2.75, 3.05) is 5.32 Å². The maximum absolute atomic E-state index is 12.4. The minimum Gasteiger partial charge on any atom is -0.319 e. The van der Waals surface area contributed by atoms with Crippen molar-refractivity contribution in [3.63, 3.8) is 0 Å². The molecule has 1 aromatic carbocycles. The maximum Gasteiger partial charge on any atom is 0.293 e. The Balaban J connectivity index is 1.81. The third-order valence-electron chi connectivity index (χ3n) is 5.05. The fourth-order valence-corrected chi connectivity index (χ4v) is 3.53. The van der Waals surface area contributed by atoms with Crippen molar-refractivity contribution < 1.29 is 0 Å². The topological polar surface area (TPSA) is 103 Å². The van der Waals surface area contributed by atoms with Gasteiger partial charge in [0.2, 0.25) is 5.95 Å². The predicted octanol–water partition coefficient (Wildman–Crippen LogP) is 3.30. The van der Waals surface area contributed by atoms with E-state index in [1.807, 2.05) is 25.4 Å². The van der Waals surface area contributed by atoms with E-state index in [2.05, 4.69) is 40.4 Å². The summed E-state index contributed by atoms with van der Waals surface area (Å²) in [5.41, 5.74) is 3.27.